The Balaban J connectivity index is 2.48. The fourth-order valence-electron chi connectivity index (χ4n) is 1.53. The van der Waals surface area contributed by atoms with Crippen LogP contribution in [0.25, 0.3) is 0 Å². The summed E-state index contributed by atoms with van der Waals surface area (Å²) in [5.74, 6) is 0.563. The molecule has 1 aliphatic heterocycles. The number of carbonyl (C=O) groups excluding carboxylic acids is 1. The Bertz CT molecular complexity index is 167. The summed E-state index contributed by atoms with van der Waals surface area (Å²) in [6, 6.07) is 0. The van der Waals surface area contributed by atoms with E-state index in [1.807, 2.05) is 6.92 Å². The van der Waals surface area contributed by atoms with Gasteiger partial charge in [-0.1, -0.05) is 13.8 Å². The van der Waals surface area contributed by atoms with Gasteiger partial charge in [0.2, 0.25) is 0 Å². The van der Waals surface area contributed by atoms with Crippen molar-refractivity contribution in [1.82, 2.24) is 5.32 Å². The standard InChI is InChI=1S/C8H15NO2/c1-6(2)4-8(3)5-9-7(10)11-8/h6H,4-5H2,1-3H3,(H,9,10). The van der Waals surface area contributed by atoms with E-state index < -0.39 is 0 Å². The number of nitrogens with one attached hydrogen (secondary N) is 1. The first-order valence-corrected chi connectivity index (χ1v) is 3.99. The third kappa shape index (κ3) is 2.10. The van der Waals surface area contributed by atoms with Gasteiger partial charge in [-0.25, -0.2) is 4.79 Å². The lowest BCUT2D eigenvalue weighted by Gasteiger charge is -2.22. The van der Waals surface area contributed by atoms with Crippen molar-refractivity contribution in [2.45, 2.75) is 32.8 Å². The van der Waals surface area contributed by atoms with Crippen molar-refractivity contribution >= 4 is 6.09 Å². The smallest absolute Gasteiger partial charge is 0.407 e. The molecule has 1 atom stereocenters. The molecule has 3 nitrogen and oxygen atoms in total. The fraction of sp³-hybridized carbons (Fsp3) is 0.875. The van der Waals surface area contributed by atoms with Crippen LogP contribution in [0.4, 0.5) is 4.79 Å². The monoisotopic (exact) mass is 157 g/mol. The number of alkyl carbamates (subject to hydrolysis) is 1. The Morgan fingerprint density at radius 2 is 2.36 bits per heavy atom. The lowest BCUT2D eigenvalue weighted by Crippen LogP contribution is -2.30. The summed E-state index contributed by atoms with van der Waals surface area (Å²) < 4.78 is 5.11. The Labute approximate surface area is 67.1 Å². The Morgan fingerprint density at radius 1 is 1.73 bits per heavy atom. The number of cyclic esters (lactones) is 1. The van der Waals surface area contributed by atoms with E-state index in [4.69, 9.17) is 4.74 Å². The number of hydrogen-bond donors (Lipinski definition) is 1. The highest BCUT2D eigenvalue weighted by Crippen LogP contribution is 2.23. The molecule has 0 aromatic rings. The number of hydrogen-bond acceptors (Lipinski definition) is 2. The molecule has 3 heteroatoms. The number of amides is 1. The minimum absolute atomic E-state index is 0.273. The second-order valence-corrected chi connectivity index (χ2v) is 3.79. The molecule has 1 saturated heterocycles. The Kier molecular flexibility index (Phi) is 2.07. The highest BCUT2D eigenvalue weighted by atomic mass is 16.6. The minimum Gasteiger partial charge on any atom is -0.441 e. The fourth-order valence-corrected chi connectivity index (χ4v) is 1.53. The topological polar surface area (TPSA) is 38.3 Å². The van der Waals surface area contributed by atoms with E-state index in [0.29, 0.717) is 12.5 Å². The van der Waals surface area contributed by atoms with Gasteiger partial charge in [0, 0.05) is 0 Å². The van der Waals surface area contributed by atoms with E-state index in [1.54, 1.807) is 0 Å². The van der Waals surface area contributed by atoms with Crippen LogP contribution >= 0.6 is 0 Å². The maximum Gasteiger partial charge on any atom is 0.407 e. The van der Waals surface area contributed by atoms with Gasteiger partial charge in [0.15, 0.2) is 0 Å². The molecule has 1 fully saturated rings. The van der Waals surface area contributed by atoms with Crippen molar-refractivity contribution in [3.05, 3.63) is 0 Å². The summed E-state index contributed by atoms with van der Waals surface area (Å²) in [6.45, 7) is 6.85. The van der Waals surface area contributed by atoms with Crippen LogP contribution < -0.4 is 5.32 Å². The van der Waals surface area contributed by atoms with E-state index in [0.717, 1.165) is 6.42 Å². The lowest BCUT2D eigenvalue weighted by atomic mass is 9.95. The van der Waals surface area contributed by atoms with E-state index in [1.165, 1.54) is 0 Å². The number of ether oxygens (including phenoxy) is 1. The molecule has 0 aromatic heterocycles. The second kappa shape index (κ2) is 2.72. The molecule has 0 bridgehead atoms. The van der Waals surface area contributed by atoms with Gasteiger partial charge in [-0.3, -0.25) is 0 Å². The zero-order valence-corrected chi connectivity index (χ0v) is 7.31. The van der Waals surface area contributed by atoms with Gasteiger partial charge in [0.25, 0.3) is 0 Å². The van der Waals surface area contributed by atoms with Gasteiger partial charge >= 0.3 is 6.09 Å². The van der Waals surface area contributed by atoms with Crippen LogP contribution in [0.3, 0.4) is 0 Å². The quantitative estimate of drug-likeness (QED) is 0.660. The van der Waals surface area contributed by atoms with Crippen molar-refractivity contribution in [3.63, 3.8) is 0 Å². The summed E-state index contributed by atoms with van der Waals surface area (Å²) in [4.78, 5) is 10.7. The van der Waals surface area contributed by atoms with Crippen LogP contribution in [0.1, 0.15) is 27.2 Å². The summed E-state index contributed by atoms with van der Waals surface area (Å²) in [7, 11) is 0. The molecule has 0 spiro atoms. The Morgan fingerprint density at radius 3 is 2.73 bits per heavy atom. The molecule has 0 saturated carbocycles. The highest BCUT2D eigenvalue weighted by Gasteiger charge is 2.35. The molecule has 64 valence electrons. The van der Waals surface area contributed by atoms with E-state index >= 15 is 0 Å². The summed E-state index contributed by atoms with van der Waals surface area (Å²) in [5, 5.41) is 2.65. The average molecular weight is 157 g/mol. The maximum atomic E-state index is 10.7. The van der Waals surface area contributed by atoms with E-state index in [2.05, 4.69) is 19.2 Å². The molecular weight excluding hydrogens is 142 g/mol. The van der Waals surface area contributed by atoms with Crippen LogP contribution in [0.2, 0.25) is 0 Å². The first-order valence-electron chi connectivity index (χ1n) is 3.99. The van der Waals surface area contributed by atoms with Crippen molar-refractivity contribution < 1.29 is 9.53 Å². The molecule has 0 aromatic carbocycles. The van der Waals surface area contributed by atoms with Crippen LogP contribution in [0, 0.1) is 5.92 Å². The zero-order valence-electron chi connectivity index (χ0n) is 7.31. The summed E-state index contributed by atoms with van der Waals surface area (Å²) in [6.07, 6.45) is 0.638. The molecule has 1 amide bonds. The molecule has 1 unspecified atom stereocenters. The summed E-state index contributed by atoms with van der Waals surface area (Å²) >= 11 is 0. The predicted molar refractivity (Wildman–Crippen MR) is 42.3 cm³/mol. The largest absolute Gasteiger partial charge is 0.441 e. The number of rotatable bonds is 2. The molecule has 11 heavy (non-hydrogen) atoms. The Hall–Kier alpha value is -0.730. The third-order valence-corrected chi connectivity index (χ3v) is 1.79. The molecular formula is C8H15NO2. The van der Waals surface area contributed by atoms with Crippen LogP contribution in [0.15, 0.2) is 0 Å². The van der Waals surface area contributed by atoms with Crippen LogP contribution in [0.5, 0.6) is 0 Å². The predicted octanol–water partition coefficient (Wildman–Crippen LogP) is 1.53. The van der Waals surface area contributed by atoms with Crippen molar-refractivity contribution in [1.29, 1.82) is 0 Å². The minimum atomic E-state index is -0.284. The average Bonchev–Trinajstić information content (AvgIpc) is 2.08. The normalized spacial score (nSPS) is 30.4. The van der Waals surface area contributed by atoms with Gasteiger partial charge in [-0.15, -0.1) is 0 Å². The van der Waals surface area contributed by atoms with Gasteiger partial charge in [0.05, 0.1) is 6.54 Å². The third-order valence-electron chi connectivity index (χ3n) is 1.79. The zero-order chi connectivity index (χ0) is 8.48. The first kappa shape index (κ1) is 8.37. The van der Waals surface area contributed by atoms with Crippen LogP contribution in [-0.4, -0.2) is 18.2 Å². The van der Waals surface area contributed by atoms with Crippen molar-refractivity contribution in [3.8, 4) is 0 Å². The summed E-state index contributed by atoms with van der Waals surface area (Å²) in [5.41, 5.74) is -0.273. The van der Waals surface area contributed by atoms with E-state index in [9.17, 15) is 4.79 Å². The molecule has 1 aliphatic rings. The van der Waals surface area contributed by atoms with Crippen LogP contribution in [-0.2, 0) is 4.74 Å². The molecule has 0 aliphatic carbocycles. The number of carbonyl (C=O) groups is 1. The molecule has 1 N–H and O–H groups in total. The maximum absolute atomic E-state index is 10.7. The van der Waals surface area contributed by atoms with Gasteiger partial charge in [0.1, 0.15) is 5.60 Å². The SMILES string of the molecule is CC(C)CC1(C)CNC(=O)O1. The molecule has 1 heterocycles. The highest BCUT2D eigenvalue weighted by molar-refractivity contribution is 5.70. The lowest BCUT2D eigenvalue weighted by molar-refractivity contribution is 0.0551. The van der Waals surface area contributed by atoms with Gasteiger partial charge in [-0.2, -0.15) is 0 Å². The molecule has 0 radical (unpaired) electrons. The van der Waals surface area contributed by atoms with Crippen molar-refractivity contribution in [2.24, 2.45) is 5.92 Å². The van der Waals surface area contributed by atoms with Crippen molar-refractivity contribution in [2.75, 3.05) is 6.54 Å². The van der Waals surface area contributed by atoms with Gasteiger partial charge in [-0.05, 0) is 19.3 Å². The van der Waals surface area contributed by atoms with Gasteiger partial charge < -0.3 is 10.1 Å². The molecule has 1 rings (SSSR count). The first-order chi connectivity index (χ1) is 5.02. The second-order valence-electron chi connectivity index (χ2n) is 3.79. The van der Waals surface area contributed by atoms with E-state index in [-0.39, 0.29) is 11.7 Å².